The molecule has 2 atom stereocenters. The first-order valence-electron chi connectivity index (χ1n) is 10.6. The highest BCUT2D eigenvalue weighted by molar-refractivity contribution is 6.83. The van der Waals surface area contributed by atoms with E-state index < -0.39 is 0 Å². The number of H-pyrrole nitrogens is 2. The van der Waals surface area contributed by atoms with E-state index >= 15 is 0 Å². The van der Waals surface area contributed by atoms with E-state index in [1.54, 1.807) is 7.05 Å². The number of hydrogen-bond acceptors (Lipinski definition) is 6. The molecule has 1 aromatic heterocycles. The Morgan fingerprint density at radius 1 is 1.37 bits per heavy atom. The molecule has 3 rings (SSSR count). The van der Waals surface area contributed by atoms with Crippen LogP contribution in [0.15, 0.2) is 21.0 Å². The lowest BCUT2D eigenvalue weighted by Crippen LogP contribution is -2.60. The molecule has 2 fully saturated rings. The summed E-state index contributed by atoms with van der Waals surface area (Å²) >= 11 is 6.39. The maximum atomic E-state index is 11.4. The number of piperidine rings is 1. The van der Waals surface area contributed by atoms with E-state index in [0.717, 1.165) is 52.0 Å². The van der Waals surface area contributed by atoms with Gasteiger partial charge in [0.25, 0.3) is 0 Å². The summed E-state index contributed by atoms with van der Waals surface area (Å²) in [6.07, 6.45) is 4.74. The van der Waals surface area contributed by atoms with Crippen molar-refractivity contribution in [2.45, 2.75) is 51.2 Å². The lowest BCUT2D eigenvalue weighted by molar-refractivity contribution is 0.0302. The third-order valence-electron chi connectivity index (χ3n) is 6.19. The predicted molar refractivity (Wildman–Crippen MR) is 120 cm³/mol. The Hall–Kier alpha value is -2.15. The van der Waals surface area contributed by atoms with Gasteiger partial charge in [0.2, 0.25) is 0 Å². The normalized spacial score (nSPS) is 24.1. The van der Waals surface area contributed by atoms with Gasteiger partial charge in [-0.1, -0.05) is 18.5 Å². The van der Waals surface area contributed by atoms with E-state index in [4.69, 9.17) is 11.6 Å². The molecule has 0 saturated carbocycles. The van der Waals surface area contributed by atoms with Crippen LogP contribution in [-0.4, -0.2) is 93.6 Å². The highest BCUT2D eigenvalue weighted by atomic mass is 35.5. The molecule has 2 aliphatic heterocycles. The second-order valence-electron chi connectivity index (χ2n) is 7.90. The van der Waals surface area contributed by atoms with Crippen LogP contribution in [0.2, 0.25) is 0 Å². The molecule has 3 heterocycles. The van der Waals surface area contributed by atoms with Crippen LogP contribution in [0.4, 0.5) is 5.82 Å². The van der Waals surface area contributed by atoms with Gasteiger partial charge in [0, 0.05) is 58.1 Å². The number of aromatic nitrogens is 2. The minimum absolute atomic E-state index is 0.0149. The van der Waals surface area contributed by atoms with E-state index in [2.05, 4.69) is 47.6 Å². The van der Waals surface area contributed by atoms with Crippen LogP contribution in [0.5, 0.6) is 0 Å². The van der Waals surface area contributed by atoms with Crippen molar-refractivity contribution >= 4 is 28.4 Å². The molecular weight excluding hydrogens is 404 g/mol. The fourth-order valence-electron chi connectivity index (χ4n) is 4.44. The van der Waals surface area contributed by atoms with Crippen LogP contribution >= 0.6 is 11.6 Å². The molecule has 0 bridgehead atoms. The Balaban J connectivity index is 1.70. The van der Waals surface area contributed by atoms with Crippen molar-refractivity contribution < 1.29 is 0 Å². The van der Waals surface area contributed by atoms with Crippen molar-refractivity contribution in [3.05, 3.63) is 16.7 Å². The molecule has 0 spiro atoms. The average Bonchev–Trinajstić information content (AvgIpc) is 3.20. The zero-order chi connectivity index (χ0) is 21.7. The number of nitrogens with zero attached hydrogens (tertiary/aromatic N) is 6. The second kappa shape index (κ2) is 10.2. The molecule has 164 valence electrons. The number of aromatic amines is 2. The summed E-state index contributed by atoms with van der Waals surface area (Å²) in [4.78, 5) is 32.4. The van der Waals surface area contributed by atoms with Crippen LogP contribution in [0.25, 0.3) is 0 Å². The topological polar surface area (TPSA) is 107 Å². The van der Waals surface area contributed by atoms with Gasteiger partial charge in [-0.25, -0.2) is 9.79 Å². The number of imidazole rings is 1. The third-order valence-corrected chi connectivity index (χ3v) is 6.53. The number of nitriles is 1. The summed E-state index contributed by atoms with van der Waals surface area (Å²) in [6, 6.07) is 3.26. The predicted octanol–water partition coefficient (Wildman–Crippen LogP) is 1.77. The number of aliphatic imine (C=N–C) groups is 2. The number of rotatable bonds is 5. The van der Waals surface area contributed by atoms with E-state index in [9.17, 15) is 10.1 Å². The largest absolute Gasteiger partial charge is 0.351 e. The third kappa shape index (κ3) is 5.12. The minimum atomic E-state index is -0.300. The van der Waals surface area contributed by atoms with Crippen LogP contribution in [0.1, 0.15) is 33.1 Å². The van der Waals surface area contributed by atoms with Crippen molar-refractivity contribution in [1.29, 1.82) is 5.26 Å². The molecule has 0 radical (unpaired) electrons. The maximum Gasteiger partial charge on any atom is 0.324 e. The zero-order valence-electron chi connectivity index (χ0n) is 17.9. The van der Waals surface area contributed by atoms with Crippen LogP contribution in [-0.2, 0) is 0 Å². The lowest BCUT2D eigenvalue weighted by atomic mass is 9.97. The Morgan fingerprint density at radius 2 is 2.10 bits per heavy atom. The molecule has 2 saturated heterocycles. The average molecular weight is 435 g/mol. The number of amidine groups is 1. The van der Waals surface area contributed by atoms with Gasteiger partial charge < -0.3 is 9.88 Å². The van der Waals surface area contributed by atoms with Crippen molar-refractivity contribution in [1.82, 2.24) is 24.7 Å². The summed E-state index contributed by atoms with van der Waals surface area (Å²) in [7, 11) is 1.64. The molecule has 1 aromatic rings. The standard InChI is InChI=1S/C20H31ClN8O/c1-4-15-13-28(19(18(21)23-3)25-17-12-24-20(30)26-17)9-10-29(15)16-5-7-27(8-6-16)14(2)11-22/h12,14-16H,4-10,13H2,1-3H3,(H2,24,26,30)/b23-18?,25-19+. The molecule has 2 N–H and O–H groups in total. The first-order chi connectivity index (χ1) is 14.5. The molecule has 10 heteroatoms. The molecular formula is C20H31ClN8O. The summed E-state index contributed by atoms with van der Waals surface area (Å²) in [5.41, 5.74) is -0.300. The monoisotopic (exact) mass is 434 g/mol. The number of halogens is 1. The molecule has 0 amide bonds. The van der Waals surface area contributed by atoms with Gasteiger partial charge in [-0.2, -0.15) is 5.26 Å². The summed E-state index contributed by atoms with van der Waals surface area (Å²) < 4.78 is 0. The zero-order valence-corrected chi connectivity index (χ0v) is 18.7. The molecule has 0 aromatic carbocycles. The van der Waals surface area contributed by atoms with Crippen molar-refractivity contribution in [3.63, 3.8) is 0 Å². The van der Waals surface area contributed by atoms with Gasteiger partial charge in [-0.3, -0.25) is 19.8 Å². The second-order valence-corrected chi connectivity index (χ2v) is 8.25. The Kier molecular flexibility index (Phi) is 7.69. The van der Waals surface area contributed by atoms with Gasteiger partial charge in [0.1, 0.15) is 0 Å². The smallest absolute Gasteiger partial charge is 0.324 e. The number of nitrogens with one attached hydrogen (secondary N) is 2. The number of piperazine rings is 1. The minimum Gasteiger partial charge on any atom is -0.351 e. The molecule has 2 aliphatic rings. The highest BCUT2D eigenvalue weighted by Crippen LogP contribution is 2.25. The molecule has 2 unspecified atom stereocenters. The maximum absolute atomic E-state index is 11.4. The fraction of sp³-hybridized carbons (Fsp3) is 0.700. The van der Waals surface area contributed by atoms with Crippen molar-refractivity contribution in [2.24, 2.45) is 9.98 Å². The van der Waals surface area contributed by atoms with Gasteiger partial charge in [0.05, 0.1) is 12.1 Å². The van der Waals surface area contributed by atoms with E-state index in [1.807, 2.05) is 6.92 Å². The summed E-state index contributed by atoms with van der Waals surface area (Å²) in [5, 5.41) is 9.51. The van der Waals surface area contributed by atoms with Crippen molar-refractivity contribution in [2.75, 3.05) is 39.8 Å². The van der Waals surface area contributed by atoms with Gasteiger partial charge in [-0.05, 0) is 26.2 Å². The first kappa shape index (κ1) is 22.5. The van der Waals surface area contributed by atoms with Crippen LogP contribution in [0.3, 0.4) is 0 Å². The van der Waals surface area contributed by atoms with Gasteiger partial charge in [-0.15, -0.1) is 0 Å². The summed E-state index contributed by atoms with van der Waals surface area (Å²) in [5.74, 6) is 1.02. The SMILES string of the molecule is CCC1CN(/C(=N/c2c[nH]c(=O)[nH]2)C(Cl)=NC)CCN1C1CCN(C(C)C#N)CC1. The lowest BCUT2D eigenvalue weighted by Gasteiger charge is -2.48. The number of likely N-dealkylation sites (tertiary alicyclic amines) is 1. The fourth-order valence-corrected chi connectivity index (χ4v) is 4.60. The van der Waals surface area contributed by atoms with Crippen LogP contribution < -0.4 is 5.69 Å². The van der Waals surface area contributed by atoms with Gasteiger partial charge in [0.15, 0.2) is 16.8 Å². The highest BCUT2D eigenvalue weighted by Gasteiger charge is 2.35. The van der Waals surface area contributed by atoms with E-state index in [1.165, 1.54) is 6.20 Å². The van der Waals surface area contributed by atoms with Crippen LogP contribution in [0, 0.1) is 11.3 Å². The Labute approximate surface area is 182 Å². The number of hydrogen-bond donors (Lipinski definition) is 2. The molecule has 9 nitrogen and oxygen atoms in total. The first-order valence-corrected chi connectivity index (χ1v) is 11.0. The quantitative estimate of drug-likeness (QED) is 0.542. The molecule has 0 aliphatic carbocycles. The van der Waals surface area contributed by atoms with E-state index in [0.29, 0.717) is 28.9 Å². The Morgan fingerprint density at radius 3 is 2.67 bits per heavy atom. The summed E-state index contributed by atoms with van der Waals surface area (Å²) in [6.45, 7) is 8.66. The molecule has 30 heavy (non-hydrogen) atoms. The Bertz CT molecular complexity index is 861. The van der Waals surface area contributed by atoms with E-state index in [-0.39, 0.29) is 11.7 Å². The van der Waals surface area contributed by atoms with Crippen molar-refractivity contribution in [3.8, 4) is 6.07 Å². The van der Waals surface area contributed by atoms with Gasteiger partial charge >= 0.3 is 5.69 Å².